The van der Waals surface area contributed by atoms with Crippen LogP contribution in [0.4, 0.5) is 0 Å². The number of hydrogen-bond donors (Lipinski definition) is 2. The second kappa shape index (κ2) is 11.9. The third-order valence-corrected chi connectivity index (χ3v) is 4.68. The van der Waals surface area contributed by atoms with E-state index in [0.717, 1.165) is 29.8 Å². The van der Waals surface area contributed by atoms with Gasteiger partial charge in [0.1, 0.15) is 5.75 Å². The van der Waals surface area contributed by atoms with E-state index in [9.17, 15) is 0 Å². The summed E-state index contributed by atoms with van der Waals surface area (Å²) in [5.41, 5.74) is 3.53. The van der Waals surface area contributed by atoms with Crippen LogP contribution in [0.25, 0.3) is 0 Å². The molecule has 0 atom stereocenters. The molecule has 2 N–H and O–H groups in total. The van der Waals surface area contributed by atoms with Gasteiger partial charge in [-0.1, -0.05) is 42.5 Å². The van der Waals surface area contributed by atoms with E-state index in [2.05, 4.69) is 33.8 Å². The summed E-state index contributed by atoms with van der Waals surface area (Å²) < 4.78 is 11.3. The summed E-state index contributed by atoms with van der Waals surface area (Å²) in [7, 11) is 3.50. The van der Waals surface area contributed by atoms with E-state index in [4.69, 9.17) is 9.47 Å². The summed E-state index contributed by atoms with van der Waals surface area (Å²) in [4.78, 5) is 4.33. The van der Waals surface area contributed by atoms with Crippen LogP contribution in [-0.2, 0) is 24.4 Å². The van der Waals surface area contributed by atoms with Crippen LogP contribution < -0.4 is 15.4 Å². The van der Waals surface area contributed by atoms with E-state index in [-0.39, 0.29) is 24.0 Å². The van der Waals surface area contributed by atoms with Crippen molar-refractivity contribution in [1.82, 2.24) is 10.6 Å². The van der Waals surface area contributed by atoms with Crippen molar-refractivity contribution in [3.63, 3.8) is 0 Å². The van der Waals surface area contributed by atoms with Gasteiger partial charge < -0.3 is 20.1 Å². The van der Waals surface area contributed by atoms with Crippen molar-refractivity contribution in [2.75, 3.05) is 20.8 Å². The monoisotopic (exact) mass is 495 g/mol. The zero-order valence-electron chi connectivity index (χ0n) is 16.6. The first-order valence-electron chi connectivity index (χ1n) is 9.51. The van der Waals surface area contributed by atoms with Crippen molar-refractivity contribution in [2.45, 2.75) is 32.5 Å². The van der Waals surface area contributed by atoms with Gasteiger partial charge >= 0.3 is 0 Å². The van der Waals surface area contributed by atoms with Gasteiger partial charge in [-0.2, -0.15) is 0 Å². The molecule has 0 unspecified atom stereocenters. The average molecular weight is 495 g/mol. The fourth-order valence-electron chi connectivity index (χ4n) is 2.89. The quantitative estimate of drug-likeness (QED) is 0.313. The molecule has 2 aromatic carbocycles. The number of ether oxygens (including phenoxy) is 2. The molecule has 0 aromatic heterocycles. The fraction of sp³-hybridized carbons (Fsp3) is 0.409. The Morgan fingerprint density at radius 1 is 0.964 bits per heavy atom. The van der Waals surface area contributed by atoms with Gasteiger partial charge in [0, 0.05) is 32.8 Å². The molecule has 1 saturated carbocycles. The lowest BCUT2D eigenvalue weighted by Gasteiger charge is -2.16. The minimum absolute atomic E-state index is 0. The van der Waals surface area contributed by atoms with Crippen molar-refractivity contribution in [3.8, 4) is 5.75 Å². The summed E-state index contributed by atoms with van der Waals surface area (Å²) >= 11 is 0. The Morgan fingerprint density at radius 3 is 2.21 bits per heavy atom. The van der Waals surface area contributed by atoms with Gasteiger partial charge in [0.15, 0.2) is 5.96 Å². The molecule has 0 spiro atoms. The fourth-order valence-corrected chi connectivity index (χ4v) is 2.89. The van der Waals surface area contributed by atoms with E-state index in [1.165, 1.54) is 24.0 Å². The second-order valence-electron chi connectivity index (χ2n) is 6.84. The van der Waals surface area contributed by atoms with Crippen LogP contribution in [-0.4, -0.2) is 26.7 Å². The van der Waals surface area contributed by atoms with Crippen molar-refractivity contribution in [3.05, 3.63) is 65.2 Å². The molecule has 152 valence electrons. The molecule has 0 bridgehead atoms. The number of aliphatic imine (C=N–C) groups is 1. The molecule has 3 rings (SSSR count). The lowest BCUT2D eigenvalue weighted by atomic mass is 10.1. The zero-order chi connectivity index (χ0) is 18.9. The van der Waals surface area contributed by atoms with Gasteiger partial charge in [0.2, 0.25) is 0 Å². The van der Waals surface area contributed by atoms with Gasteiger partial charge in [-0.15, -0.1) is 24.0 Å². The van der Waals surface area contributed by atoms with E-state index in [0.29, 0.717) is 19.7 Å². The largest absolute Gasteiger partial charge is 0.493 e. The highest BCUT2D eigenvalue weighted by atomic mass is 127. The molecule has 0 amide bonds. The third kappa shape index (κ3) is 6.98. The summed E-state index contributed by atoms with van der Waals surface area (Å²) in [6.45, 7) is 2.79. The second-order valence-corrected chi connectivity index (χ2v) is 6.84. The Bertz CT molecular complexity index is 763. The molecule has 1 fully saturated rings. The van der Waals surface area contributed by atoms with Gasteiger partial charge in [-0.25, -0.2) is 0 Å². The van der Waals surface area contributed by atoms with E-state index < -0.39 is 0 Å². The maximum Gasteiger partial charge on any atom is 0.191 e. The molecule has 1 aliphatic carbocycles. The van der Waals surface area contributed by atoms with Crippen LogP contribution >= 0.6 is 24.0 Å². The maximum absolute atomic E-state index is 5.98. The van der Waals surface area contributed by atoms with Crippen LogP contribution in [0.5, 0.6) is 5.75 Å². The van der Waals surface area contributed by atoms with Crippen LogP contribution in [0.15, 0.2) is 53.5 Å². The molecule has 0 radical (unpaired) electrons. The van der Waals surface area contributed by atoms with Crippen LogP contribution in [0.3, 0.4) is 0 Å². The first kappa shape index (κ1) is 22.5. The summed E-state index contributed by atoms with van der Waals surface area (Å²) in [5, 5.41) is 6.76. The predicted molar refractivity (Wildman–Crippen MR) is 124 cm³/mol. The SMILES string of the molecule is CN=C(NCc1ccccc1COC)NCc1ccccc1OCC1CC1.I. The van der Waals surface area contributed by atoms with Gasteiger partial charge in [-0.05, 0) is 36.0 Å². The van der Waals surface area contributed by atoms with Crippen molar-refractivity contribution in [1.29, 1.82) is 0 Å². The van der Waals surface area contributed by atoms with Crippen molar-refractivity contribution in [2.24, 2.45) is 10.9 Å². The maximum atomic E-state index is 5.98. The number of halogens is 1. The molecule has 28 heavy (non-hydrogen) atoms. The van der Waals surface area contributed by atoms with Crippen LogP contribution in [0.2, 0.25) is 0 Å². The van der Waals surface area contributed by atoms with Crippen molar-refractivity contribution >= 4 is 29.9 Å². The Balaban J connectivity index is 0.00000280. The Labute approximate surface area is 184 Å². The number of rotatable bonds is 9. The molecule has 1 aliphatic rings. The standard InChI is InChI=1S/C22H29N3O2.HI/c1-23-22(24-13-18-7-3-4-9-20(18)16-26-2)25-14-19-8-5-6-10-21(19)27-15-17-11-12-17;/h3-10,17H,11-16H2,1-2H3,(H2,23,24,25);1H. The molecule has 2 aromatic rings. The van der Waals surface area contributed by atoms with E-state index in [1.54, 1.807) is 14.2 Å². The predicted octanol–water partition coefficient (Wildman–Crippen LogP) is 4.11. The Kier molecular flexibility index (Phi) is 9.57. The molecule has 0 saturated heterocycles. The normalized spacial score (nSPS) is 13.6. The summed E-state index contributed by atoms with van der Waals surface area (Å²) in [5.74, 6) is 2.46. The van der Waals surface area contributed by atoms with Crippen LogP contribution in [0.1, 0.15) is 29.5 Å². The number of nitrogens with one attached hydrogen (secondary N) is 2. The molecule has 5 nitrogen and oxygen atoms in total. The number of guanidine groups is 1. The lowest BCUT2D eigenvalue weighted by molar-refractivity contribution is 0.184. The minimum atomic E-state index is 0. The minimum Gasteiger partial charge on any atom is -0.493 e. The number of nitrogens with zero attached hydrogens (tertiary/aromatic N) is 1. The highest BCUT2D eigenvalue weighted by Gasteiger charge is 2.22. The van der Waals surface area contributed by atoms with E-state index >= 15 is 0 Å². The Morgan fingerprint density at radius 2 is 1.57 bits per heavy atom. The highest BCUT2D eigenvalue weighted by molar-refractivity contribution is 14.0. The first-order chi connectivity index (χ1) is 13.3. The lowest BCUT2D eigenvalue weighted by Crippen LogP contribution is -2.36. The zero-order valence-corrected chi connectivity index (χ0v) is 18.9. The summed E-state index contributed by atoms with van der Waals surface area (Å²) in [6, 6.07) is 16.5. The Hall–Kier alpha value is -1.80. The smallest absolute Gasteiger partial charge is 0.191 e. The average Bonchev–Trinajstić information content (AvgIpc) is 3.53. The topological polar surface area (TPSA) is 54.9 Å². The molecular weight excluding hydrogens is 465 g/mol. The van der Waals surface area contributed by atoms with Gasteiger partial charge in [-0.3, -0.25) is 4.99 Å². The first-order valence-corrected chi connectivity index (χ1v) is 9.51. The molecule has 0 heterocycles. The van der Waals surface area contributed by atoms with Crippen LogP contribution in [0, 0.1) is 5.92 Å². The molecular formula is C22H30IN3O2. The third-order valence-electron chi connectivity index (χ3n) is 4.68. The van der Waals surface area contributed by atoms with E-state index in [1.807, 2.05) is 30.3 Å². The van der Waals surface area contributed by atoms with Crippen molar-refractivity contribution < 1.29 is 9.47 Å². The van der Waals surface area contributed by atoms with Gasteiger partial charge in [0.25, 0.3) is 0 Å². The molecule has 0 aliphatic heterocycles. The molecule has 6 heteroatoms. The number of para-hydroxylation sites is 1. The highest BCUT2D eigenvalue weighted by Crippen LogP contribution is 2.30. The number of benzene rings is 2. The van der Waals surface area contributed by atoms with Gasteiger partial charge in [0.05, 0.1) is 13.2 Å². The summed E-state index contributed by atoms with van der Waals surface area (Å²) in [6.07, 6.45) is 2.59. The number of methoxy groups -OCH3 is 1. The number of hydrogen-bond acceptors (Lipinski definition) is 3.